The fourth-order valence-corrected chi connectivity index (χ4v) is 2.50. The van der Waals surface area contributed by atoms with Crippen LogP contribution in [0.4, 0.5) is 5.69 Å². The molecule has 0 fully saturated rings. The molecule has 1 aliphatic rings. The third kappa shape index (κ3) is 1.73. The van der Waals surface area contributed by atoms with Gasteiger partial charge < -0.3 is 15.0 Å². The molecule has 1 aromatic heterocycles. The van der Waals surface area contributed by atoms with E-state index in [0.717, 1.165) is 28.1 Å². The van der Waals surface area contributed by atoms with Gasteiger partial charge in [0.15, 0.2) is 6.61 Å². The molecule has 98 valence electrons. The molecule has 1 aliphatic heterocycles. The van der Waals surface area contributed by atoms with Gasteiger partial charge in [0, 0.05) is 11.7 Å². The van der Waals surface area contributed by atoms with E-state index in [1.807, 2.05) is 30.5 Å². The monoisotopic (exact) mass is 264 g/mol. The lowest BCUT2D eigenvalue weighted by Crippen LogP contribution is -2.25. The van der Waals surface area contributed by atoms with E-state index < -0.39 is 0 Å². The number of ether oxygens (including phenoxy) is 1. The lowest BCUT2D eigenvalue weighted by atomic mass is 10.0. The van der Waals surface area contributed by atoms with Gasteiger partial charge in [-0.15, -0.1) is 0 Å². The summed E-state index contributed by atoms with van der Waals surface area (Å²) >= 11 is 0. The fraction of sp³-hybridized carbons (Fsp3) is 0.0625. The van der Waals surface area contributed by atoms with Gasteiger partial charge in [-0.1, -0.05) is 12.1 Å². The summed E-state index contributed by atoms with van der Waals surface area (Å²) in [6.45, 7) is 0.0850. The maximum atomic E-state index is 11.4. The van der Waals surface area contributed by atoms with E-state index in [4.69, 9.17) is 4.74 Å². The summed E-state index contributed by atoms with van der Waals surface area (Å²) in [4.78, 5) is 14.6. The number of fused-ring (bicyclic) bond motifs is 2. The molecule has 2 aromatic carbocycles. The maximum absolute atomic E-state index is 11.4. The Morgan fingerprint density at radius 2 is 1.85 bits per heavy atom. The molecule has 0 unspecified atom stereocenters. The Balaban J connectivity index is 1.81. The summed E-state index contributed by atoms with van der Waals surface area (Å²) < 4.78 is 5.37. The molecule has 0 saturated carbocycles. The molecular formula is C16H12N2O2. The van der Waals surface area contributed by atoms with Crippen molar-refractivity contribution < 1.29 is 9.53 Å². The van der Waals surface area contributed by atoms with Crippen LogP contribution in [0.1, 0.15) is 0 Å². The molecule has 4 rings (SSSR count). The van der Waals surface area contributed by atoms with E-state index in [9.17, 15) is 4.79 Å². The summed E-state index contributed by atoms with van der Waals surface area (Å²) in [6.07, 6.45) is 1.93. The number of nitrogens with one attached hydrogen (secondary N) is 2. The van der Waals surface area contributed by atoms with Gasteiger partial charge in [-0.2, -0.15) is 0 Å². The molecule has 2 N–H and O–H groups in total. The van der Waals surface area contributed by atoms with Crippen LogP contribution in [0.5, 0.6) is 5.75 Å². The second-order valence-electron chi connectivity index (χ2n) is 4.83. The Kier molecular flexibility index (Phi) is 2.29. The predicted molar refractivity (Wildman–Crippen MR) is 77.9 cm³/mol. The Labute approximate surface area is 115 Å². The van der Waals surface area contributed by atoms with Gasteiger partial charge in [-0.05, 0) is 46.8 Å². The zero-order valence-electron chi connectivity index (χ0n) is 10.6. The number of carbonyl (C=O) groups excluding carboxylic acids is 1. The number of H-pyrrole nitrogens is 1. The first-order chi connectivity index (χ1) is 9.79. The maximum Gasteiger partial charge on any atom is 0.262 e. The largest absolute Gasteiger partial charge is 0.482 e. The van der Waals surface area contributed by atoms with Crippen LogP contribution in [0.3, 0.4) is 0 Å². The molecule has 0 saturated heterocycles. The van der Waals surface area contributed by atoms with Gasteiger partial charge in [0.2, 0.25) is 0 Å². The molecule has 0 atom stereocenters. The lowest BCUT2D eigenvalue weighted by Gasteiger charge is -2.18. The van der Waals surface area contributed by atoms with Crippen molar-refractivity contribution in [3.8, 4) is 16.9 Å². The van der Waals surface area contributed by atoms with Crippen LogP contribution < -0.4 is 10.1 Å². The van der Waals surface area contributed by atoms with E-state index in [2.05, 4.69) is 28.5 Å². The van der Waals surface area contributed by atoms with Crippen LogP contribution in [0, 0.1) is 0 Å². The van der Waals surface area contributed by atoms with Crippen molar-refractivity contribution >= 4 is 22.5 Å². The third-order valence-corrected chi connectivity index (χ3v) is 3.50. The van der Waals surface area contributed by atoms with E-state index in [1.165, 1.54) is 5.39 Å². The second kappa shape index (κ2) is 4.13. The SMILES string of the molecule is O=C1COc2ccc(-c3ccc4[nH]ccc4c3)cc2N1. The van der Waals surface area contributed by atoms with Crippen LogP contribution in [0.2, 0.25) is 0 Å². The highest BCUT2D eigenvalue weighted by Gasteiger charge is 2.16. The molecule has 4 nitrogen and oxygen atoms in total. The number of aromatic amines is 1. The van der Waals surface area contributed by atoms with E-state index in [1.54, 1.807) is 0 Å². The van der Waals surface area contributed by atoms with Crippen molar-refractivity contribution in [1.82, 2.24) is 4.98 Å². The number of carbonyl (C=O) groups is 1. The molecular weight excluding hydrogens is 252 g/mol. The van der Waals surface area contributed by atoms with Crippen molar-refractivity contribution in [2.75, 3.05) is 11.9 Å². The van der Waals surface area contributed by atoms with Crippen molar-refractivity contribution in [2.24, 2.45) is 0 Å². The van der Waals surface area contributed by atoms with Gasteiger partial charge in [0.05, 0.1) is 5.69 Å². The number of aromatic nitrogens is 1. The zero-order valence-corrected chi connectivity index (χ0v) is 10.6. The van der Waals surface area contributed by atoms with Crippen LogP contribution in [0.25, 0.3) is 22.0 Å². The normalized spacial score (nSPS) is 13.7. The Bertz CT molecular complexity index is 820. The number of anilines is 1. The number of hydrogen-bond donors (Lipinski definition) is 2. The number of hydrogen-bond acceptors (Lipinski definition) is 2. The Morgan fingerprint density at radius 3 is 2.80 bits per heavy atom. The minimum atomic E-state index is -0.115. The first kappa shape index (κ1) is 11.1. The number of benzene rings is 2. The molecule has 20 heavy (non-hydrogen) atoms. The predicted octanol–water partition coefficient (Wildman–Crippen LogP) is 3.17. The molecule has 0 aliphatic carbocycles. The van der Waals surface area contributed by atoms with Gasteiger partial charge >= 0.3 is 0 Å². The van der Waals surface area contributed by atoms with Crippen LogP contribution in [0.15, 0.2) is 48.7 Å². The van der Waals surface area contributed by atoms with Crippen LogP contribution in [-0.4, -0.2) is 17.5 Å². The average molecular weight is 264 g/mol. The second-order valence-corrected chi connectivity index (χ2v) is 4.83. The van der Waals surface area contributed by atoms with E-state index >= 15 is 0 Å². The molecule has 3 aromatic rings. The lowest BCUT2D eigenvalue weighted by molar-refractivity contribution is -0.118. The van der Waals surface area contributed by atoms with Crippen molar-refractivity contribution in [2.45, 2.75) is 0 Å². The summed E-state index contributed by atoms with van der Waals surface area (Å²) in [5, 5.41) is 4.00. The first-order valence-corrected chi connectivity index (χ1v) is 6.44. The smallest absolute Gasteiger partial charge is 0.262 e. The van der Waals surface area contributed by atoms with Gasteiger partial charge in [0.25, 0.3) is 5.91 Å². The highest BCUT2D eigenvalue weighted by Crippen LogP contribution is 2.33. The van der Waals surface area contributed by atoms with Crippen LogP contribution in [-0.2, 0) is 4.79 Å². The molecule has 0 bridgehead atoms. The van der Waals surface area contributed by atoms with Crippen LogP contribution >= 0.6 is 0 Å². The first-order valence-electron chi connectivity index (χ1n) is 6.44. The Hall–Kier alpha value is -2.75. The molecule has 0 radical (unpaired) electrons. The molecule has 2 heterocycles. The van der Waals surface area contributed by atoms with Crippen molar-refractivity contribution in [1.29, 1.82) is 0 Å². The quantitative estimate of drug-likeness (QED) is 0.709. The van der Waals surface area contributed by atoms with Gasteiger partial charge in [-0.25, -0.2) is 0 Å². The molecule has 4 heteroatoms. The Morgan fingerprint density at radius 1 is 1.00 bits per heavy atom. The van der Waals surface area contributed by atoms with Gasteiger partial charge in [-0.3, -0.25) is 4.79 Å². The average Bonchev–Trinajstić information content (AvgIpc) is 2.93. The highest BCUT2D eigenvalue weighted by atomic mass is 16.5. The highest BCUT2D eigenvalue weighted by molar-refractivity contribution is 5.96. The minimum Gasteiger partial charge on any atom is -0.482 e. The topological polar surface area (TPSA) is 54.1 Å². The van der Waals surface area contributed by atoms with E-state index in [-0.39, 0.29) is 12.5 Å². The van der Waals surface area contributed by atoms with Crippen molar-refractivity contribution in [3.05, 3.63) is 48.7 Å². The third-order valence-electron chi connectivity index (χ3n) is 3.50. The van der Waals surface area contributed by atoms with E-state index in [0.29, 0.717) is 0 Å². The fourth-order valence-electron chi connectivity index (χ4n) is 2.50. The number of rotatable bonds is 1. The van der Waals surface area contributed by atoms with Crippen molar-refractivity contribution in [3.63, 3.8) is 0 Å². The summed E-state index contributed by atoms with van der Waals surface area (Å²) in [6, 6.07) is 14.1. The van der Waals surface area contributed by atoms with Gasteiger partial charge in [0.1, 0.15) is 5.75 Å². The minimum absolute atomic E-state index is 0.0850. The molecule has 0 spiro atoms. The zero-order chi connectivity index (χ0) is 13.5. The summed E-state index contributed by atoms with van der Waals surface area (Å²) in [5.41, 5.74) is 4.01. The summed E-state index contributed by atoms with van der Waals surface area (Å²) in [5.74, 6) is 0.604. The summed E-state index contributed by atoms with van der Waals surface area (Å²) in [7, 11) is 0. The standard InChI is InChI=1S/C16H12N2O2/c19-16-9-20-15-4-2-11(8-14(15)18-16)10-1-3-13-12(7-10)5-6-17-13/h1-8,17H,9H2,(H,18,19). The molecule has 1 amide bonds. The number of amides is 1.